The van der Waals surface area contributed by atoms with Crippen molar-refractivity contribution in [2.24, 2.45) is 4.99 Å². The second-order valence-electron chi connectivity index (χ2n) is 3.43. The van der Waals surface area contributed by atoms with Gasteiger partial charge in [-0.2, -0.15) is 0 Å². The van der Waals surface area contributed by atoms with Gasteiger partial charge in [-0.25, -0.2) is 0 Å². The second-order valence-corrected chi connectivity index (χ2v) is 4.27. The molecule has 0 saturated carbocycles. The van der Waals surface area contributed by atoms with Crippen LogP contribution in [0.3, 0.4) is 0 Å². The Morgan fingerprint density at radius 1 is 1.11 bits per heavy atom. The van der Waals surface area contributed by atoms with Crippen LogP contribution in [0.4, 0.5) is 5.69 Å². The molecular formula is C13H10ClIN2O. The zero-order chi connectivity index (χ0) is 12.8. The van der Waals surface area contributed by atoms with Crippen molar-refractivity contribution < 1.29 is 4.84 Å². The summed E-state index contributed by atoms with van der Waals surface area (Å²) in [5.74, 6) is 0.711. The maximum atomic E-state index is 6.03. The van der Waals surface area contributed by atoms with Gasteiger partial charge < -0.3 is 4.84 Å². The number of nitrogens with zero attached hydrogens (tertiary/aromatic N) is 1. The zero-order valence-electron chi connectivity index (χ0n) is 9.31. The molecule has 0 spiro atoms. The van der Waals surface area contributed by atoms with Gasteiger partial charge in [0.2, 0.25) is 0 Å². The number of hydrogen-bond acceptors (Lipinski definition) is 3. The Bertz CT molecular complexity index is 560. The van der Waals surface area contributed by atoms with Crippen molar-refractivity contribution in [3.05, 3.63) is 59.1 Å². The number of halogens is 2. The molecule has 18 heavy (non-hydrogen) atoms. The van der Waals surface area contributed by atoms with Crippen LogP contribution in [0.5, 0.6) is 5.75 Å². The van der Waals surface area contributed by atoms with Gasteiger partial charge in [0.25, 0.3) is 0 Å². The molecule has 2 aromatic rings. The molecule has 0 fully saturated rings. The van der Waals surface area contributed by atoms with E-state index in [0.717, 1.165) is 11.3 Å². The molecule has 5 heteroatoms. The SMILES string of the molecule is Clc1ccccc1/N=C/c1ccccc1ONI. The van der Waals surface area contributed by atoms with Crippen molar-refractivity contribution in [1.29, 1.82) is 0 Å². The standard InChI is InChI=1S/C13H10ClIN2O/c14-11-6-2-3-7-12(11)16-9-10-5-1-4-8-13(10)18-17-15/h1-9,17H/b16-9+. The lowest BCUT2D eigenvalue weighted by Gasteiger charge is -2.04. The zero-order valence-corrected chi connectivity index (χ0v) is 12.2. The lowest BCUT2D eigenvalue weighted by molar-refractivity contribution is 0.301. The Hall–Kier alpha value is -1.11. The van der Waals surface area contributed by atoms with Crippen molar-refractivity contribution in [2.75, 3.05) is 0 Å². The number of hydrogen-bond donors (Lipinski definition) is 1. The van der Waals surface area contributed by atoms with Gasteiger partial charge in [0, 0.05) is 11.8 Å². The number of aliphatic imine (C=N–C) groups is 1. The van der Waals surface area contributed by atoms with E-state index in [2.05, 4.69) is 8.69 Å². The first-order chi connectivity index (χ1) is 8.81. The van der Waals surface area contributed by atoms with Crippen LogP contribution in [0.15, 0.2) is 53.5 Å². The molecule has 0 atom stereocenters. The van der Waals surface area contributed by atoms with Crippen LogP contribution in [0.1, 0.15) is 5.56 Å². The summed E-state index contributed by atoms with van der Waals surface area (Å²) in [7, 11) is 0. The first kappa shape index (κ1) is 13.3. The molecular weight excluding hydrogens is 363 g/mol. The molecule has 0 aliphatic carbocycles. The molecule has 0 unspecified atom stereocenters. The van der Waals surface area contributed by atoms with Crippen LogP contribution in [0.25, 0.3) is 0 Å². The smallest absolute Gasteiger partial charge is 0.156 e. The maximum absolute atomic E-state index is 6.03. The molecule has 0 aromatic heterocycles. The fourth-order valence-electron chi connectivity index (χ4n) is 1.42. The quantitative estimate of drug-likeness (QED) is 0.375. The molecule has 0 amide bonds. The Balaban J connectivity index is 2.26. The summed E-state index contributed by atoms with van der Waals surface area (Å²) in [6.45, 7) is 0. The number of nitrogens with one attached hydrogen (secondary N) is 1. The van der Waals surface area contributed by atoms with Gasteiger partial charge in [-0.3, -0.25) is 4.99 Å². The molecule has 1 N–H and O–H groups in total. The van der Waals surface area contributed by atoms with Crippen LogP contribution in [-0.2, 0) is 0 Å². The van der Waals surface area contributed by atoms with E-state index in [1.807, 2.05) is 71.4 Å². The lowest BCUT2D eigenvalue weighted by Crippen LogP contribution is -2.05. The number of rotatable bonds is 4. The lowest BCUT2D eigenvalue weighted by atomic mass is 10.2. The highest BCUT2D eigenvalue weighted by Gasteiger charge is 2.00. The summed E-state index contributed by atoms with van der Waals surface area (Å²) >= 11 is 7.95. The average Bonchev–Trinajstić information content (AvgIpc) is 2.40. The van der Waals surface area contributed by atoms with E-state index >= 15 is 0 Å². The van der Waals surface area contributed by atoms with E-state index < -0.39 is 0 Å². The highest BCUT2D eigenvalue weighted by atomic mass is 127. The van der Waals surface area contributed by atoms with Gasteiger partial charge in [0.05, 0.1) is 33.6 Å². The third kappa shape index (κ3) is 3.44. The minimum atomic E-state index is 0.624. The Kier molecular flexibility index (Phi) is 4.98. The minimum Gasteiger partial charge on any atom is -0.398 e. The predicted octanol–water partition coefficient (Wildman–Crippen LogP) is 4.32. The van der Waals surface area contributed by atoms with Gasteiger partial charge in [0.1, 0.15) is 0 Å². The summed E-state index contributed by atoms with van der Waals surface area (Å²) in [6, 6.07) is 15.0. The predicted molar refractivity (Wildman–Crippen MR) is 82.9 cm³/mol. The molecule has 2 rings (SSSR count). The number of benzene rings is 2. The summed E-state index contributed by atoms with van der Waals surface area (Å²) in [5.41, 5.74) is 1.61. The van der Waals surface area contributed by atoms with Gasteiger partial charge >= 0.3 is 0 Å². The monoisotopic (exact) mass is 372 g/mol. The Morgan fingerprint density at radius 3 is 2.61 bits per heavy atom. The molecule has 0 aliphatic rings. The molecule has 0 radical (unpaired) electrons. The summed E-state index contributed by atoms with van der Waals surface area (Å²) in [6.07, 6.45) is 1.73. The van der Waals surface area contributed by atoms with Crippen LogP contribution in [0, 0.1) is 0 Å². The van der Waals surface area contributed by atoms with E-state index in [1.165, 1.54) is 0 Å². The topological polar surface area (TPSA) is 33.6 Å². The van der Waals surface area contributed by atoms with Gasteiger partial charge in [-0.1, -0.05) is 39.6 Å². The first-order valence-corrected chi connectivity index (χ1v) is 6.67. The molecule has 3 nitrogen and oxygen atoms in total. The third-order valence-electron chi connectivity index (χ3n) is 2.26. The summed E-state index contributed by atoms with van der Waals surface area (Å²) in [4.78, 5) is 9.62. The van der Waals surface area contributed by atoms with Crippen LogP contribution < -0.4 is 8.53 Å². The number of para-hydroxylation sites is 2. The van der Waals surface area contributed by atoms with Crippen LogP contribution in [0.2, 0.25) is 5.02 Å². The van der Waals surface area contributed by atoms with E-state index in [1.54, 1.807) is 6.21 Å². The second kappa shape index (κ2) is 6.72. The van der Waals surface area contributed by atoms with E-state index in [4.69, 9.17) is 16.4 Å². The van der Waals surface area contributed by atoms with Crippen molar-refractivity contribution in [3.8, 4) is 5.75 Å². The van der Waals surface area contributed by atoms with Crippen molar-refractivity contribution in [2.45, 2.75) is 0 Å². The molecule has 2 aromatic carbocycles. The summed E-state index contributed by atoms with van der Waals surface area (Å²) < 4.78 is 2.62. The fourth-order valence-corrected chi connectivity index (χ4v) is 1.84. The van der Waals surface area contributed by atoms with Gasteiger partial charge in [0.15, 0.2) is 5.75 Å². The van der Waals surface area contributed by atoms with E-state index in [9.17, 15) is 0 Å². The molecule has 0 aliphatic heterocycles. The Morgan fingerprint density at radius 2 is 1.83 bits per heavy atom. The van der Waals surface area contributed by atoms with Crippen LogP contribution in [-0.4, -0.2) is 6.21 Å². The van der Waals surface area contributed by atoms with Crippen LogP contribution >= 0.6 is 34.5 Å². The first-order valence-electron chi connectivity index (χ1n) is 5.21. The highest BCUT2D eigenvalue weighted by Crippen LogP contribution is 2.24. The largest absolute Gasteiger partial charge is 0.398 e. The molecule has 0 heterocycles. The van der Waals surface area contributed by atoms with Crippen molar-refractivity contribution in [1.82, 2.24) is 3.69 Å². The van der Waals surface area contributed by atoms with Gasteiger partial charge in [-0.05, 0) is 24.3 Å². The molecule has 92 valence electrons. The normalized spacial score (nSPS) is 10.8. The summed E-state index contributed by atoms with van der Waals surface area (Å²) in [5, 5.41) is 0.624. The highest BCUT2D eigenvalue weighted by molar-refractivity contribution is 14.1. The van der Waals surface area contributed by atoms with Crippen molar-refractivity contribution >= 4 is 46.4 Å². The van der Waals surface area contributed by atoms with E-state index in [0.29, 0.717) is 10.8 Å². The average molecular weight is 373 g/mol. The molecule has 0 saturated heterocycles. The fraction of sp³-hybridized carbons (Fsp3) is 0. The molecule has 0 bridgehead atoms. The minimum absolute atomic E-state index is 0.624. The van der Waals surface area contributed by atoms with Crippen molar-refractivity contribution in [3.63, 3.8) is 0 Å². The third-order valence-corrected chi connectivity index (χ3v) is 2.80. The van der Waals surface area contributed by atoms with Gasteiger partial charge in [-0.15, -0.1) is 0 Å². The van der Waals surface area contributed by atoms with E-state index in [-0.39, 0.29) is 0 Å². The Labute approximate surface area is 124 Å². The maximum Gasteiger partial charge on any atom is 0.156 e.